The number of aliphatic hydroxyl groups is 3. The van der Waals surface area contributed by atoms with Crippen LogP contribution in [0.4, 0.5) is 0 Å². The third-order valence-electron chi connectivity index (χ3n) is 10.4. The van der Waals surface area contributed by atoms with Gasteiger partial charge in [-0.1, -0.05) is 65.5 Å². The molecule has 5 rings (SSSR count). The Bertz CT molecular complexity index is 1530. The standard InChI is InChI=1S/C34H44N2O9/c1-15-17-13-14-18(33(2,3)4)25(37)20(17)26(38)21-19(15)28(45-32(43)16-11-9-7-8-10-12-16)23-24(36(5)6)27(39)22(31(35)42)30(41)34(23,44)29(21)40/h13-16,19,23-24,28,37-38,41,44H,7-12H2,1-6H3,(H2,35,42)/t15-,19+,23+,24-,28-,34-/m0/s1. The molecule has 4 aliphatic carbocycles. The van der Waals surface area contributed by atoms with E-state index < -0.39 is 87.4 Å². The van der Waals surface area contributed by atoms with Gasteiger partial charge in [-0.05, 0) is 43.8 Å². The van der Waals surface area contributed by atoms with Gasteiger partial charge in [0, 0.05) is 17.1 Å². The molecule has 2 saturated carbocycles. The molecule has 6 atom stereocenters. The highest BCUT2D eigenvalue weighted by Crippen LogP contribution is 2.57. The maximum atomic E-state index is 14.5. The minimum Gasteiger partial charge on any atom is -0.508 e. The van der Waals surface area contributed by atoms with E-state index in [9.17, 15) is 39.6 Å². The molecule has 0 aromatic heterocycles. The number of rotatable bonds is 4. The number of benzene rings is 1. The highest BCUT2D eigenvalue weighted by atomic mass is 16.5. The summed E-state index contributed by atoms with van der Waals surface area (Å²) in [4.78, 5) is 56.0. The Morgan fingerprint density at radius 3 is 2.16 bits per heavy atom. The lowest BCUT2D eigenvalue weighted by atomic mass is 9.54. The third-order valence-corrected chi connectivity index (χ3v) is 10.4. The van der Waals surface area contributed by atoms with Crippen molar-refractivity contribution in [1.29, 1.82) is 0 Å². The number of phenols is 1. The molecule has 0 aliphatic heterocycles. The molecule has 45 heavy (non-hydrogen) atoms. The first-order valence-electron chi connectivity index (χ1n) is 15.7. The zero-order valence-corrected chi connectivity index (χ0v) is 26.7. The summed E-state index contributed by atoms with van der Waals surface area (Å²) in [7, 11) is 3.01. The van der Waals surface area contributed by atoms with Crippen LogP contribution in [0.1, 0.15) is 88.8 Å². The van der Waals surface area contributed by atoms with E-state index in [2.05, 4.69) is 0 Å². The van der Waals surface area contributed by atoms with Crippen LogP contribution < -0.4 is 5.73 Å². The summed E-state index contributed by atoms with van der Waals surface area (Å²) in [6.45, 7) is 7.40. The lowest BCUT2D eigenvalue weighted by molar-refractivity contribution is -0.188. The van der Waals surface area contributed by atoms with Crippen LogP contribution in [0.25, 0.3) is 5.76 Å². The van der Waals surface area contributed by atoms with Crippen LogP contribution in [-0.2, 0) is 29.3 Å². The predicted molar refractivity (Wildman–Crippen MR) is 164 cm³/mol. The number of hydrogen-bond donors (Lipinski definition) is 5. The SMILES string of the molecule is C[C@H]1c2ccc(C(C)(C)C)c(O)c2C(O)=C2C(=O)[C@]3(O)C(O)=C(C(N)=O)C(=O)[C@@H](N(C)C)[C@@H]3[C@@H](OC(=O)C3CCCCCC3)[C@@H]21. The number of aromatic hydroxyl groups is 1. The molecule has 0 bridgehead atoms. The second-order valence-electron chi connectivity index (χ2n) is 14.3. The van der Waals surface area contributed by atoms with Gasteiger partial charge >= 0.3 is 5.97 Å². The first kappa shape index (κ1) is 32.7. The van der Waals surface area contributed by atoms with Crippen molar-refractivity contribution < 1.29 is 44.3 Å². The van der Waals surface area contributed by atoms with Crippen LogP contribution in [0.2, 0.25) is 0 Å². The van der Waals surface area contributed by atoms with Gasteiger partial charge in [-0.2, -0.15) is 0 Å². The fraction of sp³-hybridized carbons (Fsp3) is 0.588. The number of esters is 1. The zero-order valence-electron chi connectivity index (χ0n) is 26.7. The van der Waals surface area contributed by atoms with E-state index in [0.717, 1.165) is 25.7 Å². The topological polar surface area (TPSA) is 188 Å². The van der Waals surface area contributed by atoms with Gasteiger partial charge in [0.05, 0.1) is 23.4 Å². The second-order valence-corrected chi connectivity index (χ2v) is 14.3. The Hall–Kier alpha value is -3.70. The summed E-state index contributed by atoms with van der Waals surface area (Å²) in [5, 5.41) is 47.0. The number of fused-ring (bicyclic) bond motifs is 3. The zero-order chi connectivity index (χ0) is 33.3. The van der Waals surface area contributed by atoms with Crippen LogP contribution >= 0.6 is 0 Å². The first-order valence-corrected chi connectivity index (χ1v) is 15.7. The van der Waals surface area contributed by atoms with Gasteiger partial charge in [0.1, 0.15) is 28.9 Å². The number of aliphatic hydroxyl groups excluding tert-OH is 2. The Morgan fingerprint density at radius 1 is 1.02 bits per heavy atom. The van der Waals surface area contributed by atoms with E-state index in [4.69, 9.17) is 10.5 Å². The number of ether oxygens (including phenoxy) is 1. The Labute approximate surface area is 262 Å². The van der Waals surface area contributed by atoms with Crippen molar-refractivity contribution in [3.05, 3.63) is 45.7 Å². The molecule has 0 radical (unpaired) electrons. The maximum absolute atomic E-state index is 14.5. The molecule has 0 heterocycles. The number of phenolic OH excluding ortho intramolecular Hbond substituents is 1. The van der Waals surface area contributed by atoms with Crippen molar-refractivity contribution in [1.82, 2.24) is 4.90 Å². The van der Waals surface area contributed by atoms with Crippen molar-refractivity contribution in [2.75, 3.05) is 14.1 Å². The van der Waals surface area contributed by atoms with Crippen molar-refractivity contribution in [2.24, 2.45) is 23.5 Å². The molecule has 0 spiro atoms. The van der Waals surface area contributed by atoms with E-state index in [1.165, 1.54) is 19.0 Å². The van der Waals surface area contributed by atoms with Crippen molar-refractivity contribution in [3.63, 3.8) is 0 Å². The lowest BCUT2D eigenvalue weighted by Gasteiger charge is -2.54. The van der Waals surface area contributed by atoms with Crippen molar-refractivity contribution >= 4 is 29.2 Å². The van der Waals surface area contributed by atoms with E-state index in [1.807, 2.05) is 20.8 Å². The minimum atomic E-state index is -2.96. The van der Waals surface area contributed by atoms with E-state index in [0.29, 0.717) is 24.0 Å². The van der Waals surface area contributed by atoms with E-state index in [-0.39, 0.29) is 16.9 Å². The Kier molecular flexibility index (Phi) is 8.19. The van der Waals surface area contributed by atoms with Gasteiger partial charge < -0.3 is 30.9 Å². The normalized spacial score (nSPS) is 30.9. The first-order chi connectivity index (χ1) is 21.0. The summed E-state index contributed by atoms with van der Waals surface area (Å²) >= 11 is 0. The molecule has 1 aromatic rings. The molecule has 244 valence electrons. The van der Waals surface area contributed by atoms with Crippen molar-refractivity contribution in [3.8, 4) is 5.75 Å². The van der Waals surface area contributed by atoms with E-state index >= 15 is 0 Å². The average molecular weight is 625 g/mol. The number of amides is 1. The third kappa shape index (κ3) is 4.86. The molecule has 6 N–H and O–H groups in total. The van der Waals surface area contributed by atoms with Gasteiger partial charge in [0.25, 0.3) is 5.91 Å². The van der Waals surface area contributed by atoms with Gasteiger partial charge in [0.2, 0.25) is 5.78 Å². The van der Waals surface area contributed by atoms with E-state index in [1.54, 1.807) is 19.1 Å². The highest BCUT2D eigenvalue weighted by Gasteiger charge is 2.69. The smallest absolute Gasteiger partial charge is 0.309 e. The van der Waals surface area contributed by atoms with Crippen LogP contribution in [0, 0.1) is 17.8 Å². The minimum absolute atomic E-state index is 0.0000548. The fourth-order valence-electron chi connectivity index (χ4n) is 8.08. The summed E-state index contributed by atoms with van der Waals surface area (Å²) < 4.78 is 6.27. The molecular formula is C34H44N2O9. The predicted octanol–water partition coefficient (Wildman–Crippen LogP) is 3.31. The number of nitrogens with two attached hydrogens (primary N) is 1. The molecule has 11 heteroatoms. The number of carbonyl (C=O) groups is 4. The molecule has 11 nitrogen and oxygen atoms in total. The number of ketones is 2. The summed E-state index contributed by atoms with van der Waals surface area (Å²) in [6.07, 6.45) is 3.39. The number of nitrogens with zero attached hydrogens (tertiary/aromatic N) is 1. The van der Waals surface area contributed by atoms with Gasteiger partial charge in [0.15, 0.2) is 11.4 Å². The second kappa shape index (κ2) is 11.3. The molecule has 0 saturated heterocycles. The number of carbonyl (C=O) groups excluding carboxylic acids is 4. The van der Waals surface area contributed by atoms with Crippen LogP contribution in [0.5, 0.6) is 5.75 Å². The van der Waals surface area contributed by atoms with Crippen LogP contribution in [0.15, 0.2) is 29.0 Å². The quantitative estimate of drug-likeness (QED) is 0.189. The molecule has 1 aromatic carbocycles. The maximum Gasteiger partial charge on any atom is 0.309 e. The van der Waals surface area contributed by atoms with Gasteiger partial charge in [-0.25, -0.2) is 0 Å². The highest BCUT2D eigenvalue weighted by molar-refractivity contribution is 6.24. The number of hydrogen-bond acceptors (Lipinski definition) is 10. The van der Waals surface area contributed by atoms with Crippen LogP contribution in [-0.4, -0.2) is 80.6 Å². The van der Waals surface area contributed by atoms with Crippen LogP contribution in [0.3, 0.4) is 0 Å². The average Bonchev–Trinajstić information content (AvgIpc) is 3.23. The molecule has 4 aliphatic rings. The Morgan fingerprint density at radius 2 is 1.62 bits per heavy atom. The Balaban J connectivity index is 1.80. The largest absolute Gasteiger partial charge is 0.508 e. The molecule has 1 amide bonds. The molecule has 2 fully saturated rings. The number of primary amides is 1. The van der Waals surface area contributed by atoms with Crippen molar-refractivity contribution in [2.45, 2.75) is 95.3 Å². The fourth-order valence-corrected chi connectivity index (χ4v) is 8.08. The molecule has 0 unspecified atom stereocenters. The molecular weight excluding hydrogens is 580 g/mol. The number of likely N-dealkylation sites (N-methyl/N-ethyl adjacent to an activating group) is 1. The van der Waals surface area contributed by atoms with Gasteiger partial charge in [-0.3, -0.25) is 24.1 Å². The lowest BCUT2D eigenvalue weighted by Crippen LogP contribution is -2.71. The monoisotopic (exact) mass is 624 g/mol. The van der Waals surface area contributed by atoms with Gasteiger partial charge in [-0.15, -0.1) is 0 Å². The summed E-state index contributed by atoms with van der Waals surface area (Å²) in [5.41, 5.74) is 1.68. The number of Topliss-reactive ketones (excluding diaryl/α,β-unsaturated/α-hetero) is 2. The summed E-state index contributed by atoms with van der Waals surface area (Å²) in [6, 6.07) is 2.09. The summed E-state index contributed by atoms with van der Waals surface area (Å²) in [5.74, 6) is -9.83.